The summed E-state index contributed by atoms with van der Waals surface area (Å²) in [5.41, 5.74) is 5.59. The predicted molar refractivity (Wildman–Crippen MR) is 180 cm³/mol. The molecule has 0 spiro atoms. The van der Waals surface area contributed by atoms with Crippen LogP contribution in [-0.2, 0) is 18.6 Å². The van der Waals surface area contributed by atoms with Crippen LogP contribution in [-0.4, -0.2) is 41.3 Å². The zero-order valence-electron chi connectivity index (χ0n) is 27.7. The molecule has 1 aliphatic heterocycles. The fourth-order valence-corrected chi connectivity index (χ4v) is 5.41. The second-order valence-electron chi connectivity index (χ2n) is 12.9. The number of halogens is 1. The van der Waals surface area contributed by atoms with Gasteiger partial charge in [-0.1, -0.05) is 80.9 Å². The van der Waals surface area contributed by atoms with Gasteiger partial charge in [-0.25, -0.2) is 9.37 Å². The van der Waals surface area contributed by atoms with E-state index in [9.17, 15) is 14.0 Å². The molecule has 8 heteroatoms. The molecule has 0 saturated carbocycles. The Morgan fingerprint density at radius 1 is 0.957 bits per heavy atom. The van der Waals surface area contributed by atoms with E-state index >= 15 is 0 Å². The Balaban J connectivity index is 0.000000606. The van der Waals surface area contributed by atoms with E-state index in [1.54, 1.807) is 17.2 Å². The monoisotopic (exact) mass is 626 g/mol. The van der Waals surface area contributed by atoms with E-state index in [-0.39, 0.29) is 28.8 Å². The van der Waals surface area contributed by atoms with Crippen molar-refractivity contribution in [2.24, 2.45) is 0 Å². The highest BCUT2D eigenvalue weighted by molar-refractivity contribution is 6.00. The number of amides is 2. The highest BCUT2D eigenvalue weighted by Crippen LogP contribution is 2.33. The van der Waals surface area contributed by atoms with Gasteiger partial charge in [-0.3, -0.25) is 9.59 Å². The number of aryl methyl sites for hydroxylation is 2. The number of rotatable bonds is 10. The van der Waals surface area contributed by atoms with E-state index in [0.29, 0.717) is 30.1 Å². The van der Waals surface area contributed by atoms with Crippen LogP contribution in [0.3, 0.4) is 0 Å². The van der Waals surface area contributed by atoms with Gasteiger partial charge in [-0.05, 0) is 80.0 Å². The molecule has 0 bridgehead atoms. The van der Waals surface area contributed by atoms with Crippen LogP contribution >= 0.6 is 0 Å². The standard InChI is InChI=1S/C31H39FN4O3.C7H8/c1-21-20-39-29(35-21)27-10-6-13-36(27)30(38)25-15-23(18-32)14-24(17-25)28(37)34-12-7-11-33-19-22-8-5-9-26(16-22)31(2,3)4;1-7-5-3-2-4-6-7/h5,8-9,14-17,20,27,33H,6-7,10-13,18-19H2,1-4H3,(H,34,37);2-6H,1H3/t27-;/m1./s1. The summed E-state index contributed by atoms with van der Waals surface area (Å²) in [6.45, 7) is 12.3. The van der Waals surface area contributed by atoms with Crippen LogP contribution < -0.4 is 10.6 Å². The van der Waals surface area contributed by atoms with Gasteiger partial charge in [-0.2, -0.15) is 0 Å². The van der Waals surface area contributed by atoms with E-state index < -0.39 is 6.67 Å². The molecule has 1 saturated heterocycles. The van der Waals surface area contributed by atoms with Gasteiger partial charge in [0.15, 0.2) is 0 Å². The average molecular weight is 627 g/mol. The van der Waals surface area contributed by atoms with Crippen LogP contribution in [0.2, 0.25) is 0 Å². The largest absolute Gasteiger partial charge is 0.446 e. The number of carbonyl (C=O) groups is 2. The van der Waals surface area contributed by atoms with E-state index in [2.05, 4.69) is 79.7 Å². The minimum absolute atomic E-state index is 0.107. The Bertz CT molecular complexity index is 1580. The first-order valence-electron chi connectivity index (χ1n) is 16.1. The number of nitrogens with one attached hydrogen (secondary N) is 2. The van der Waals surface area contributed by atoms with Crippen LogP contribution in [0.1, 0.15) is 101 Å². The lowest BCUT2D eigenvalue weighted by molar-refractivity contribution is 0.0715. The molecule has 7 nitrogen and oxygen atoms in total. The Labute approximate surface area is 272 Å². The first-order valence-corrected chi connectivity index (χ1v) is 16.1. The molecule has 1 atom stereocenters. The molecule has 1 fully saturated rings. The van der Waals surface area contributed by atoms with Crippen molar-refractivity contribution in [1.29, 1.82) is 0 Å². The molecule has 5 rings (SSSR count). The lowest BCUT2D eigenvalue weighted by Crippen LogP contribution is -2.31. The fourth-order valence-electron chi connectivity index (χ4n) is 5.41. The number of benzene rings is 3. The summed E-state index contributed by atoms with van der Waals surface area (Å²) in [6.07, 6.45) is 3.88. The van der Waals surface area contributed by atoms with Crippen molar-refractivity contribution >= 4 is 11.8 Å². The van der Waals surface area contributed by atoms with E-state index in [1.807, 2.05) is 25.1 Å². The van der Waals surface area contributed by atoms with E-state index in [0.717, 1.165) is 38.0 Å². The third-order valence-corrected chi connectivity index (χ3v) is 7.97. The third kappa shape index (κ3) is 9.85. The molecule has 0 unspecified atom stereocenters. The Hall–Kier alpha value is -4.30. The molecule has 244 valence electrons. The molecular weight excluding hydrogens is 579 g/mol. The quantitative estimate of drug-likeness (QED) is 0.177. The highest BCUT2D eigenvalue weighted by atomic mass is 19.1. The molecule has 4 aromatic rings. The lowest BCUT2D eigenvalue weighted by Gasteiger charge is -2.23. The van der Waals surface area contributed by atoms with Crippen molar-refractivity contribution in [3.05, 3.63) is 124 Å². The minimum atomic E-state index is -0.760. The fraction of sp³-hybridized carbons (Fsp3) is 0.395. The number of alkyl halides is 1. The number of carbonyl (C=O) groups excluding carboxylic acids is 2. The summed E-state index contributed by atoms with van der Waals surface area (Å²) in [5.74, 6) is -0.0653. The van der Waals surface area contributed by atoms with Crippen LogP contribution in [0.5, 0.6) is 0 Å². The molecular formula is C38H47FN4O3. The summed E-state index contributed by atoms with van der Waals surface area (Å²) in [6, 6.07) is 23.1. The minimum Gasteiger partial charge on any atom is -0.446 e. The zero-order chi connectivity index (χ0) is 33.1. The number of oxazole rings is 1. The zero-order valence-corrected chi connectivity index (χ0v) is 27.7. The van der Waals surface area contributed by atoms with Crippen LogP contribution in [0.25, 0.3) is 0 Å². The van der Waals surface area contributed by atoms with E-state index in [1.165, 1.54) is 28.8 Å². The van der Waals surface area contributed by atoms with Gasteiger partial charge >= 0.3 is 0 Å². The van der Waals surface area contributed by atoms with Gasteiger partial charge in [0.05, 0.1) is 5.69 Å². The number of likely N-dealkylation sites (tertiary alicyclic amines) is 1. The molecule has 2 amide bonds. The van der Waals surface area contributed by atoms with Gasteiger partial charge in [0.25, 0.3) is 11.8 Å². The Kier molecular flexibility index (Phi) is 12.3. The number of nitrogens with zero attached hydrogens (tertiary/aromatic N) is 2. The molecule has 1 aromatic heterocycles. The van der Waals surface area contributed by atoms with Crippen LogP contribution in [0.15, 0.2) is 83.5 Å². The maximum absolute atomic E-state index is 13.7. The summed E-state index contributed by atoms with van der Waals surface area (Å²) in [4.78, 5) is 32.4. The molecule has 1 aliphatic rings. The van der Waals surface area contributed by atoms with Gasteiger partial charge in [0.1, 0.15) is 19.0 Å². The van der Waals surface area contributed by atoms with Crippen molar-refractivity contribution in [3.63, 3.8) is 0 Å². The summed E-state index contributed by atoms with van der Waals surface area (Å²) in [7, 11) is 0. The van der Waals surface area contributed by atoms with Gasteiger partial charge in [0.2, 0.25) is 5.89 Å². The van der Waals surface area contributed by atoms with Crippen LogP contribution in [0, 0.1) is 13.8 Å². The first kappa shape index (κ1) is 34.6. The second-order valence-corrected chi connectivity index (χ2v) is 12.9. The molecule has 0 aliphatic carbocycles. The maximum atomic E-state index is 13.7. The van der Waals surface area contributed by atoms with Crippen molar-refractivity contribution in [3.8, 4) is 0 Å². The van der Waals surface area contributed by atoms with Crippen molar-refractivity contribution in [2.75, 3.05) is 19.6 Å². The normalized spacial score (nSPS) is 14.5. The molecule has 3 aromatic carbocycles. The maximum Gasteiger partial charge on any atom is 0.254 e. The SMILES string of the molecule is Cc1ccccc1.Cc1coc([C@H]2CCCN2C(=O)c2cc(CF)cc(C(=O)NCCCNCc3cccc(C(C)(C)C)c3)c2)n1. The van der Waals surface area contributed by atoms with Crippen molar-refractivity contribution < 1.29 is 18.4 Å². The summed E-state index contributed by atoms with van der Waals surface area (Å²) in [5, 5.41) is 6.32. The summed E-state index contributed by atoms with van der Waals surface area (Å²) >= 11 is 0. The Morgan fingerprint density at radius 3 is 2.37 bits per heavy atom. The van der Waals surface area contributed by atoms with Crippen LogP contribution in [0.4, 0.5) is 4.39 Å². The second kappa shape index (κ2) is 16.3. The van der Waals surface area contributed by atoms with Gasteiger partial charge in [-0.15, -0.1) is 0 Å². The lowest BCUT2D eigenvalue weighted by atomic mass is 9.86. The predicted octanol–water partition coefficient (Wildman–Crippen LogP) is 7.63. The number of hydrogen-bond acceptors (Lipinski definition) is 5. The third-order valence-electron chi connectivity index (χ3n) is 7.97. The summed E-state index contributed by atoms with van der Waals surface area (Å²) < 4.78 is 19.2. The molecule has 0 radical (unpaired) electrons. The molecule has 46 heavy (non-hydrogen) atoms. The van der Waals surface area contributed by atoms with E-state index in [4.69, 9.17) is 4.42 Å². The average Bonchev–Trinajstić information content (AvgIpc) is 3.71. The molecule has 2 heterocycles. The smallest absolute Gasteiger partial charge is 0.254 e. The van der Waals surface area contributed by atoms with Gasteiger partial charge in [0, 0.05) is 30.8 Å². The van der Waals surface area contributed by atoms with Gasteiger partial charge < -0.3 is 20.0 Å². The molecule has 2 N–H and O–H groups in total. The van der Waals surface area contributed by atoms with Crippen molar-refractivity contribution in [2.45, 2.75) is 78.6 Å². The topological polar surface area (TPSA) is 87.5 Å². The number of aromatic nitrogens is 1. The number of hydrogen-bond donors (Lipinski definition) is 2. The Morgan fingerprint density at radius 2 is 1.72 bits per heavy atom. The highest BCUT2D eigenvalue weighted by Gasteiger charge is 2.34. The first-order chi connectivity index (χ1) is 22.0. The van der Waals surface area contributed by atoms with Crippen molar-refractivity contribution in [1.82, 2.24) is 20.5 Å².